The van der Waals surface area contributed by atoms with Crippen LogP contribution in [0, 0.1) is 0 Å². The van der Waals surface area contributed by atoms with Crippen molar-refractivity contribution in [3.05, 3.63) is 34.9 Å². The Hall–Kier alpha value is -0.610. The van der Waals surface area contributed by atoms with Gasteiger partial charge >= 0.3 is 0 Å². The molecule has 0 saturated carbocycles. The van der Waals surface area contributed by atoms with E-state index in [1.165, 1.54) is 25.1 Å². The highest BCUT2D eigenvalue weighted by Gasteiger charge is 2.27. The number of likely N-dealkylation sites (N-methyl/N-ethyl adjacent to an activating group) is 3. The minimum Gasteiger partial charge on any atom is -0.315 e. The summed E-state index contributed by atoms with van der Waals surface area (Å²) in [7, 11) is 6.54. The monoisotopic (exact) mass is 295 g/mol. The van der Waals surface area contributed by atoms with Gasteiger partial charge in [-0.3, -0.25) is 0 Å². The summed E-state index contributed by atoms with van der Waals surface area (Å²) < 4.78 is 0. The highest BCUT2D eigenvalue weighted by Crippen LogP contribution is 2.16. The van der Waals surface area contributed by atoms with Crippen LogP contribution in [0.15, 0.2) is 24.3 Å². The SMILES string of the molecule is CNC(Cc1ccc(Cl)cc1)C1CN(C)CCCN1C. The predicted molar refractivity (Wildman–Crippen MR) is 86.5 cm³/mol. The van der Waals surface area contributed by atoms with Gasteiger partial charge in [-0.2, -0.15) is 0 Å². The molecule has 2 atom stereocenters. The van der Waals surface area contributed by atoms with Gasteiger partial charge in [-0.25, -0.2) is 0 Å². The van der Waals surface area contributed by atoms with Gasteiger partial charge in [0.15, 0.2) is 0 Å². The van der Waals surface area contributed by atoms with Gasteiger partial charge < -0.3 is 15.1 Å². The number of halogens is 1. The molecule has 1 fully saturated rings. The summed E-state index contributed by atoms with van der Waals surface area (Å²) in [6, 6.07) is 9.23. The van der Waals surface area contributed by atoms with Gasteiger partial charge in [0.25, 0.3) is 0 Å². The molecular formula is C16H26ClN3. The van der Waals surface area contributed by atoms with E-state index in [1.807, 2.05) is 12.1 Å². The first-order valence-corrected chi connectivity index (χ1v) is 7.78. The lowest BCUT2D eigenvalue weighted by Gasteiger charge is -2.34. The fourth-order valence-corrected chi connectivity index (χ4v) is 3.17. The molecule has 1 N–H and O–H groups in total. The van der Waals surface area contributed by atoms with E-state index in [-0.39, 0.29) is 0 Å². The van der Waals surface area contributed by atoms with E-state index < -0.39 is 0 Å². The summed E-state index contributed by atoms with van der Waals surface area (Å²) in [5, 5.41) is 4.32. The first-order valence-electron chi connectivity index (χ1n) is 7.40. The maximum absolute atomic E-state index is 5.96. The average Bonchev–Trinajstić information content (AvgIpc) is 2.60. The second-order valence-electron chi connectivity index (χ2n) is 5.89. The largest absolute Gasteiger partial charge is 0.315 e. The van der Waals surface area contributed by atoms with Crippen molar-refractivity contribution >= 4 is 11.6 Å². The number of nitrogens with one attached hydrogen (secondary N) is 1. The molecule has 2 rings (SSSR count). The van der Waals surface area contributed by atoms with Crippen LogP contribution in [0.1, 0.15) is 12.0 Å². The normalized spacial score (nSPS) is 23.5. The summed E-state index contributed by atoms with van der Waals surface area (Å²) in [6.07, 6.45) is 2.29. The first-order chi connectivity index (χ1) is 9.60. The van der Waals surface area contributed by atoms with Crippen LogP contribution in [0.2, 0.25) is 5.02 Å². The molecule has 1 heterocycles. The Kier molecular flexibility index (Phi) is 5.85. The maximum atomic E-state index is 5.96. The van der Waals surface area contributed by atoms with Crippen molar-refractivity contribution in [3.63, 3.8) is 0 Å². The predicted octanol–water partition coefficient (Wildman–Crippen LogP) is 2.11. The Bertz CT molecular complexity index is 407. The van der Waals surface area contributed by atoms with Crippen LogP contribution in [-0.2, 0) is 6.42 Å². The molecule has 0 bridgehead atoms. The van der Waals surface area contributed by atoms with E-state index in [2.05, 4.69) is 48.4 Å². The van der Waals surface area contributed by atoms with Crippen molar-refractivity contribution in [1.29, 1.82) is 0 Å². The van der Waals surface area contributed by atoms with E-state index in [4.69, 9.17) is 11.6 Å². The maximum Gasteiger partial charge on any atom is 0.0406 e. The van der Waals surface area contributed by atoms with Gasteiger partial charge in [0.1, 0.15) is 0 Å². The molecule has 1 aliphatic rings. The molecule has 3 nitrogen and oxygen atoms in total. The van der Waals surface area contributed by atoms with Crippen molar-refractivity contribution in [2.45, 2.75) is 24.9 Å². The number of hydrogen-bond acceptors (Lipinski definition) is 3. The molecule has 1 saturated heterocycles. The van der Waals surface area contributed by atoms with Gasteiger partial charge in [0.05, 0.1) is 0 Å². The third kappa shape index (κ3) is 4.19. The Morgan fingerprint density at radius 2 is 1.95 bits per heavy atom. The third-order valence-electron chi connectivity index (χ3n) is 4.32. The summed E-state index contributed by atoms with van der Waals surface area (Å²) in [6.45, 7) is 3.49. The summed E-state index contributed by atoms with van der Waals surface area (Å²) >= 11 is 5.96. The minimum absolute atomic E-state index is 0.460. The zero-order chi connectivity index (χ0) is 14.5. The van der Waals surface area contributed by atoms with E-state index in [1.54, 1.807) is 0 Å². The van der Waals surface area contributed by atoms with Crippen LogP contribution >= 0.6 is 11.6 Å². The molecule has 1 aromatic carbocycles. The lowest BCUT2D eigenvalue weighted by molar-refractivity contribution is 0.181. The lowest BCUT2D eigenvalue weighted by atomic mass is 9.98. The molecule has 2 unspecified atom stereocenters. The Morgan fingerprint density at radius 1 is 1.25 bits per heavy atom. The van der Waals surface area contributed by atoms with Crippen LogP contribution in [0.5, 0.6) is 0 Å². The quantitative estimate of drug-likeness (QED) is 0.918. The molecular weight excluding hydrogens is 270 g/mol. The summed E-state index contributed by atoms with van der Waals surface area (Å²) in [5.74, 6) is 0. The zero-order valence-corrected chi connectivity index (χ0v) is 13.5. The molecule has 20 heavy (non-hydrogen) atoms. The van der Waals surface area contributed by atoms with Crippen LogP contribution in [-0.4, -0.2) is 62.7 Å². The van der Waals surface area contributed by atoms with Gasteiger partial charge in [-0.15, -0.1) is 0 Å². The molecule has 0 aliphatic carbocycles. The fraction of sp³-hybridized carbons (Fsp3) is 0.625. The number of hydrogen-bond donors (Lipinski definition) is 1. The number of rotatable bonds is 4. The Labute approximate surface area is 127 Å². The molecule has 1 aliphatic heterocycles. The van der Waals surface area contributed by atoms with Crippen LogP contribution < -0.4 is 5.32 Å². The molecule has 0 radical (unpaired) electrons. The molecule has 1 aromatic rings. The molecule has 4 heteroatoms. The highest BCUT2D eigenvalue weighted by molar-refractivity contribution is 6.30. The van der Waals surface area contributed by atoms with Crippen molar-refractivity contribution in [1.82, 2.24) is 15.1 Å². The van der Waals surface area contributed by atoms with Crippen molar-refractivity contribution in [2.24, 2.45) is 0 Å². The second kappa shape index (κ2) is 7.41. The minimum atomic E-state index is 0.460. The van der Waals surface area contributed by atoms with E-state index in [0.717, 1.165) is 18.0 Å². The molecule has 0 spiro atoms. The molecule has 0 amide bonds. The molecule has 0 aromatic heterocycles. The fourth-order valence-electron chi connectivity index (χ4n) is 3.05. The second-order valence-corrected chi connectivity index (χ2v) is 6.33. The standard InChI is InChI=1S/C16H26ClN3/c1-18-15(11-13-5-7-14(17)8-6-13)16-12-19(2)9-4-10-20(16)3/h5-8,15-16,18H,4,9-12H2,1-3H3. The van der Waals surface area contributed by atoms with Crippen molar-refractivity contribution in [3.8, 4) is 0 Å². The lowest BCUT2D eigenvalue weighted by Crippen LogP contribution is -2.52. The first kappa shape index (κ1) is 15.8. The van der Waals surface area contributed by atoms with Gasteiger partial charge in [-0.05, 0) is 64.8 Å². The number of nitrogens with zero attached hydrogens (tertiary/aromatic N) is 2. The smallest absolute Gasteiger partial charge is 0.0406 e. The highest BCUT2D eigenvalue weighted by atomic mass is 35.5. The van der Waals surface area contributed by atoms with Crippen molar-refractivity contribution < 1.29 is 0 Å². The summed E-state index contributed by atoms with van der Waals surface area (Å²) in [4.78, 5) is 4.95. The van der Waals surface area contributed by atoms with Gasteiger partial charge in [0.2, 0.25) is 0 Å². The Morgan fingerprint density at radius 3 is 2.60 bits per heavy atom. The van der Waals surface area contributed by atoms with Crippen LogP contribution in [0.3, 0.4) is 0 Å². The average molecular weight is 296 g/mol. The van der Waals surface area contributed by atoms with Gasteiger partial charge in [0, 0.05) is 23.7 Å². The Balaban J connectivity index is 2.07. The van der Waals surface area contributed by atoms with E-state index in [9.17, 15) is 0 Å². The van der Waals surface area contributed by atoms with Crippen molar-refractivity contribution in [2.75, 3.05) is 40.8 Å². The van der Waals surface area contributed by atoms with Gasteiger partial charge in [-0.1, -0.05) is 23.7 Å². The van der Waals surface area contributed by atoms with Crippen LogP contribution in [0.4, 0.5) is 0 Å². The zero-order valence-electron chi connectivity index (χ0n) is 12.8. The summed E-state index contributed by atoms with van der Waals surface area (Å²) in [5.41, 5.74) is 1.34. The third-order valence-corrected chi connectivity index (χ3v) is 4.57. The van der Waals surface area contributed by atoms with E-state index in [0.29, 0.717) is 12.1 Å². The van der Waals surface area contributed by atoms with E-state index >= 15 is 0 Å². The van der Waals surface area contributed by atoms with Crippen LogP contribution in [0.25, 0.3) is 0 Å². The molecule has 112 valence electrons. The number of benzene rings is 1. The topological polar surface area (TPSA) is 18.5 Å².